The largest absolute Gasteiger partial charge is 0.508 e. The van der Waals surface area contributed by atoms with Crippen LogP contribution in [0, 0.1) is 0 Å². The summed E-state index contributed by atoms with van der Waals surface area (Å²) >= 11 is 0. The molecule has 4 aliphatic heterocycles. The van der Waals surface area contributed by atoms with E-state index < -0.39 is 176 Å². The first-order valence-corrected chi connectivity index (χ1v) is 19.9. The van der Waals surface area contributed by atoms with Gasteiger partial charge >= 0.3 is 0 Å². The average molecular weight is 919 g/mol. The summed E-state index contributed by atoms with van der Waals surface area (Å²) in [7, 11) is 0. The maximum Gasteiger partial charge on any atom is 0.239 e. The van der Waals surface area contributed by atoms with Crippen LogP contribution >= 0.6 is 0 Å². The lowest BCUT2D eigenvalue weighted by atomic mass is 9.97. The van der Waals surface area contributed by atoms with Gasteiger partial charge in [-0.05, 0) is 31.2 Å². The first kappa shape index (κ1) is 48.0. The molecular formula is C39H50O25. The lowest BCUT2D eigenvalue weighted by Crippen LogP contribution is -2.65. The van der Waals surface area contributed by atoms with Crippen molar-refractivity contribution in [1.82, 2.24) is 0 Å². The lowest BCUT2D eigenvalue weighted by Gasteiger charge is -2.45. The standard InChI is InChI=1S/C39H50O25/c1-11-21(44)26(49)30(53)36(57-11)56-10-19-24(47)28(51)32(55)38(62-19)63-34-25(48)20-15(43)6-14(7-16(20)59-33(34)12-2-4-13(42)5-3-12)58-39-35(29(52)23(46)18(9-41)61-39)64-37-31(54)27(50)22(45)17(8-40)60-37/h2-7,11,17-19,21-24,26-32,35-47,49-55H,8-10H2,1H3/t11-,17+,18+,19+,21-,22+,23+,24+,26+,27-,28-,29-,30+,31+,32+,35+,36+,37-,38-,39+/m0/s1. The number of aliphatic hydroxyl groups excluding tert-OH is 13. The predicted octanol–water partition coefficient (Wildman–Crippen LogP) is -6.10. The molecular weight excluding hydrogens is 868 g/mol. The zero-order valence-corrected chi connectivity index (χ0v) is 33.4. The van der Waals surface area contributed by atoms with Crippen LogP contribution in [0.2, 0.25) is 0 Å². The Bertz CT molecular complexity index is 2100. The van der Waals surface area contributed by atoms with E-state index in [2.05, 4.69) is 0 Å². The van der Waals surface area contributed by atoms with Gasteiger partial charge in [-0.1, -0.05) is 0 Å². The summed E-state index contributed by atoms with van der Waals surface area (Å²) in [6.07, 6.45) is -34.8. The van der Waals surface area contributed by atoms with Crippen molar-refractivity contribution in [2.45, 2.75) is 130 Å². The Morgan fingerprint density at radius 1 is 0.578 bits per heavy atom. The number of aromatic hydroxyl groups is 2. The summed E-state index contributed by atoms with van der Waals surface area (Å²) in [6.45, 7) is -0.969. The molecule has 1 aromatic heterocycles. The summed E-state index contributed by atoms with van der Waals surface area (Å²) in [5, 5.41) is 156. The van der Waals surface area contributed by atoms with Crippen LogP contribution in [0.15, 0.2) is 45.6 Å². The van der Waals surface area contributed by atoms with Crippen molar-refractivity contribution < 1.29 is 119 Å². The topological polar surface area (TPSA) is 408 Å². The zero-order valence-electron chi connectivity index (χ0n) is 33.4. The normalized spacial score (nSPS) is 40.6. The monoisotopic (exact) mass is 918 g/mol. The van der Waals surface area contributed by atoms with Gasteiger partial charge in [0.15, 0.2) is 24.4 Å². The molecule has 64 heavy (non-hydrogen) atoms. The van der Waals surface area contributed by atoms with Gasteiger partial charge < -0.3 is 119 Å². The molecule has 20 atom stereocenters. The van der Waals surface area contributed by atoms with E-state index in [-0.39, 0.29) is 17.1 Å². The molecule has 0 saturated carbocycles. The van der Waals surface area contributed by atoms with Crippen LogP contribution in [-0.2, 0) is 28.4 Å². The molecule has 25 nitrogen and oxygen atoms in total. The fourth-order valence-corrected chi connectivity index (χ4v) is 7.61. The number of hydrogen-bond acceptors (Lipinski definition) is 25. The Labute approximate surface area is 360 Å². The molecule has 25 heteroatoms. The van der Waals surface area contributed by atoms with Crippen molar-refractivity contribution in [2.24, 2.45) is 0 Å². The zero-order chi connectivity index (χ0) is 46.5. The number of benzene rings is 2. The van der Waals surface area contributed by atoms with Gasteiger partial charge in [0, 0.05) is 17.7 Å². The minimum absolute atomic E-state index is 0.0492. The van der Waals surface area contributed by atoms with Crippen LogP contribution in [0.5, 0.6) is 23.0 Å². The molecule has 4 saturated heterocycles. The predicted molar refractivity (Wildman–Crippen MR) is 204 cm³/mol. The fraction of sp³-hybridized carbons (Fsp3) is 0.615. The van der Waals surface area contributed by atoms with Gasteiger partial charge in [-0.25, -0.2) is 0 Å². The smallest absolute Gasteiger partial charge is 0.239 e. The lowest BCUT2D eigenvalue weighted by molar-refractivity contribution is -0.357. The van der Waals surface area contributed by atoms with E-state index in [4.69, 9.17) is 42.3 Å². The second kappa shape index (κ2) is 19.5. The molecule has 7 rings (SSSR count). The van der Waals surface area contributed by atoms with Gasteiger partial charge in [0.1, 0.15) is 114 Å². The van der Waals surface area contributed by atoms with Crippen molar-refractivity contribution in [3.8, 4) is 34.3 Å². The molecule has 2 aromatic carbocycles. The first-order valence-electron chi connectivity index (χ1n) is 19.9. The third-order valence-electron chi connectivity index (χ3n) is 11.4. The molecule has 0 unspecified atom stereocenters. The Kier molecular flexibility index (Phi) is 14.6. The van der Waals surface area contributed by atoms with E-state index in [1.165, 1.54) is 31.2 Å². The van der Waals surface area contributed by atoms with Gasteiger partial charge in [0.25, 0.3) is 0 Å². The highest BCUT2D eigenvalue weighted by atomic mass is 16.8. The van der Waals surface area contributed by atoms with Crippen LogP contribution in [0.3, 0.4) is 0 Å². The van der Waals surface area contributed by atoms with Crippen LogP contribution in [0.1, 0.15) is 6.92 Å². The van der Waals surface area contributed by atoms with Gasteiger partial charge in [0.2, 0.25) is 23.8 Å². The number of phenolic OH excluding ortho intramolecular Hbond substituents is 2. The number of ether oxygens (including phenoxy) is 8. The van der Waals surface area contributed by atoms with Crippen LogP contribution in [0.25, 0.3) is 22.3 Å². The summed E-state index contributed by atoms with van der Waals surface area (Å²) in [4.78, 5) is 14.3. The number of phenols is 2. The Morgan fingerprint density at radius 3 is 1.77 bits per heavy atom. The number of hydrogen-bond donors (Lipinski definition) is 15. The quantitative estimate of drug-likeness (QED) is 0.0804. The van der Waals surface area contributed by atoms with E-state index in [0.29, 0.717) is 0 Å². The molecule has 0 amide bonds. The second-order valence-electron chi connectivity index (χ2n) is 15.7. The molecule has 15 N–H and O–H groups in total. The minimum Gasteiger partial charge on any atom is -0.508 e. The van der Waals surface area contributed by atoms with E-state index in [1.807, 2.05) is 0 Å². The third-order valence-corrected chi connectivity index (χ3v) is 11.4. The Morgan fingerprint density at radius 2 is 1.12 bits per heavy atom. The summed E-state index contributed by atoms with van der Waals surface area (Å²) in [5.74, 6) is -2.59. The molecule has 356 valence electrons. The molecule has 5 heterocycles. The van der Waals surface area contributed by atoms with Gasteiger partial charge in [-0.3, -0.25) is 4.79 Å². The minimum atomic E-state index is -2.06. The van der Waals surface area contributed by atoms with Crippen LogP contribution in [0.4, 0.5) is 0 Å². The Hall–Kier alpha value is -3.91. The first-order chi connectivity index (χ1) is 30.3. The number of fused-ring (bicyclic) bond motifs is 1. The maximum atomic E-state index is 14.3. The molecule has 0 radical (unpaired) electrons. The van der Waals surface area contributed by atoms with Gasteiger partial charge in [0.05, 0.1) is 25.9 Å². The highest BCUT2D eigenvalue weighted by Gasteiger charge is 2.52. The van der Waals surface area contributed by atoms with E-state index in [1.54, 1.807) is 0 Å². The molecule has 0 bridgehead atoms. The summed E-state index contributed by atoms with van der Waals surface area (Å²) < 4.78 is 51.2. The molecule has 4 fully saturated rings. The van der Waals surface area contributed by atoms with Crippen molar-refractivity contribution in [2.75, 3.05) is 19.8 Å². The van der Waals surface area contributed by atoms with E-state index in [0.717, 1.165) is 12.1 Å². The van der Waals surface area contributed by atoms with Gasteiger partial charge in [-0.15, -0.1) is 0 Å². The highest BCUT2D eigenvalue weighted by Crippen LogP contribution is 2.39. The number of aliphatic hydroxyl groups is 13. The average Bonchev–Trinajstić information content (AvgIpc) is 3.27. The van der Waals surface area contributed by atoms with Crippen molar-refractivity contribution >= 4 is 11.0 Å². The van der Waals surface area contributed by atoms with Crippen molar-refractivity contribution in [3.63, 3.8) is 0 Å². The van der Waals surface area contributed by atoms with E-state index >= 15 is 0 Å². The van der Waals surface area contributed by atoms with E-state index in [9.17, 15) is 81.4 Å². The SMILES string of the molecule is C[C@@H]1O[C@@H](OC[C@H]2O[C@@H](Oc3c(-c4ccc(O)cc4)oc4cc(O[C@@H]5O[C@H](CO)[C@@H](O)[C@H](O)[C@H]5O[C@@H]5O[C@H](CO)[C@@H](O)[C@H](O)[C@H]5O)cc(O)c4c3=O)[C@H](O)[C@@H](O)[C@@H]2O)[C@H](O)[C@H](O)[C@H]1O. The van der Waals surface area contributed by atoms with Crippen LogP contribution in [-0.4, -0.2) is 219 Å². The number of rotatable bonds is 12. The summed E-state index contributed by atoms with van der Waals surface area (Å²) in [5.41, 5.74) is -1.49. The fourth-order valence-electron chi connectivity index (χ4n) is 7.61. The molecule has 3 aromatic rings. The van der Waals surface area contributed by atoms with Crippen molar-refractivity contribution in [3.05, 3.63) is 46.6 Å². The van der Waals surface area contributed by atoms with Crippen LogP contribution < -0.4 is 14.9 Å². The Balaban J connectivity index is 1.20. The highest BCUT2D eigenvalue weighted by molar-refractivity contribution is 5.88. The van der Waals surface area contributed by atoms with Gasteiger partial charge in [-0.2, -0.15) is 0 Å². The van der Waals surface area contributed by atoms with Crippen molar-refractivity contribution in [1.29, 1.82) is 0 Å². The molecule has 4 aliphatic rings. The second-order valence-corrected chi connectivity index (χ2v) is 15.7. The molecule has 0 spiro atoms. The third kappa shape index (κ3) is 9.25. The maximum absolute atomic E-state index is 14.3. The molecule has 0 aliphatic carbocycles. The summed E-state index contributed by atoms with van der Waals surface area (Å²) in [6, 6.07) is 6.94.